The molecule has 2 heterocycles. The Morgan fingerprint density at radius 1 is 1.14 bits per heavy atom. The Morgan fingerprint density at radius 2 is 1.86 bits per heavy atom. The number of benzene rings is 2. The molecule has 2 fully saturated rings. The maximum absolute atomic E-state index is 12.9. The number of fused-ring (bicyclic) bond motifs is 1. The Balaban J connectivity index is 1.37. The van der Waals surface area contributed by atoms with Crippen LogP contribution in [0.5, 0.6) is 5.75 Å². The number of hydrogen-bond acceptors (Lipinski definition) is 4. The zero-order chi connectivity index (χ0) is 20.4. The molecule has 29 heavy (non-hydrogen) atoms. The maximum atomic E-state index is 12.9. The highest BCUT2D eigenvalue weighted by Gasteiger charge is 2.46. The molecule has 0 unspecified atom stereocenters. The first-order valence-corrected chi connectivity index (χ1v) is 9.76. The predicted molar refractivity (Wildman–Crippen MR) is 107 cm³/mol. The second-order valence-corrected chi connectivity index (χ2v) is 7.61. The molecule has 150 valence electrons. The van der Waals surface area contributed by atoms with E-state index in [1.54, 1.807) is 41.3 Å². The van der Waals surface area contributed by atoms with Gasteiger partial charge in [-0.15, -0.1) is 0 Å². The van der Waals surface area contributed by atoms with Crippen molar-refractivity contribution in [2.75, 3.05) is 6.54 Å². The standard InChI is InChI=1S/C21H20ClN3O4/c22-14-8-6-13(7-9-14)10-17-20(27)25-12-15(11-18(25)19(26)24-17)23-21(28)29-16-4-2-1-3-5-16/h1-9,15,17-18H,10-12H2,(H,23,28)(H,24,26)/t15-,17-,18-/m0/s1. The quantitative estimate of drug-likeness (QED) is 0.803. The van der Waals surface area contributed by atoms with Crippen LogP contribution in [0, 0.1) is 0 Å². The van der Waals surface area contributed by atoms with Gasteiger partial charge in [0.05, 0.1) is 6.04 Å². The molecule has 2 aliphatic rings. The number of rotatable bonds is 4. The van der Waals surface area contributed by atoms with Crippen LogP contribution in [0.25, 0.3) is 0 Å². The number of carbonyl (C=O) groups excluding carboxylic acids is 3. The lowest BCUT2D eigenvalue weighted by Gasteiger charge is -2.34. The first kappa shape index (κ1) is 19.3. The molecule has 0 saturated carbocycles. The van der Waals surface area contributed by atoms with Crippen molar-refractivity contribution in [3.05, 3.63) is 65.2 Å². The van der Waals surface area contributed by atoms with Gasteiger partial charge in [-0.25, -0.2) is 4.79 Å². The fourth-order valence-corrected chi connectivity index (χ4v) is 3.87. The van der Waals surface area contributed by atoms with Crippen LogP contribution in [-0.4, -0.2) is 47.5 Å². The largest absolute Gasteiger partial charge is 0.412 e. The monoisotopic (exact) mass is 413 g/mol. The third-order valence-electron chi connectivity index (χ3n) is 5.13. The van der Waals surface area contributed by atoms with Crippen LogP contribution < -0.4 is 15.4 Å². The number of ether oxygens (including phenoxy) is 1. The SMILES string of the molecule is O=C(N[C@H]1C[C@H]2C(=O)N[C@@H](Cc3ccc(Cl)cc3)C(=O)N2C1)Oc1ccccc1. The van der Waals surface area contributed by atoms with E-state index < -0.39 is 18.2 Å². The highest BCUT2D eigenvalue weighted by Crippen LogP contribution is 2.24. The zero-order valence-electron chi connectivity index (χ0n) is 15.5. The Labute approximate surface area is 173 Å². The molecule has 2 saturated heterocycles. The van der Waals surface area contributed by atoms with E-state index in [0.717, 1.165) is 5.56 Å². The molecule has 7 nitrogen and oxygen atoms in total. The van der Waals surface area contributed by atoms with Crippen LogP contribution in [0.1, 0.15) is 12.0 Å². The summed E-state index contributed by atoms with van der Waals surface area (Å²) >= 11 is 5.90. The molecular formula is C21H20ClN3O4. The number of carbonyl (C=O) groups is 3. The van der Waals surface area contributed by atoms with Crippen molar-refractivity contribution in [2.24, 2.45) is 0 Å². The topological polar surface area (TPSA) is 87.7 Å². The van der Waals surface area contributed by atoms with Crippen molar-refractivity contribution < 1.29 is 19.1 Å². The molecule has 0 aliphatic carbocycles. The van der Waals surface area contributed by atoms with Crippen LogP contribution >= 0.6 is 11.6 Å². The smallest absolute Gasteiger partial charge is 0.410 e. The van der Waals surface area contributed by atoms with E-state index in [-0.39, 0.29) is 24.4 Å². The van der Waals surface area contributed by atoms with E-state index in [9.17, 15) is 14.4 Å². The van der Waals surface area contributed by atoms with Gasteiger partial charge in [0.1, 0.15) is 17.8 Å². The number of nitrogens with one attached hydrogen (secondary N) is 2. The van der Waals surface area contributed by atoms with Crippen molar-refractivity contribution in [3.63, 3.8) is 0 Å². The normalized spacial score (nSPS) is 23.3. The molecule has 0 bridgehead atoms. The van der Waals surface area contributed by atoms with Crippen LogP contribution in [-0.2, 0) is 16.0 Å². The second-order valence-electron chi connectivity index (χ2n) is 7.18. The van der Waals surface area contributed by atoms with Crippen LogP contribution in [0.15, 0.2) is 54.6 Å². The van der Waals surface area contributed by atoms with Crippen molar-refractivity contribution in [1.82, 2.24) is 15.5 Å². The Kier molecular flexibility index (Phi) is 5.40. The average Bonchev–Trinajstić information content (AvgIpc) is 3.13. The van der Waals surface area contributed by atoms with Gasteiger partial charge in [-0.3, -0.25) is 9.59 Å². The maximum Gasteiger partial charge on any atom is 0.412 e. The second kappa shape index (κ2) is 8.13. The molecule has 0 spiro atoms. The fraction of sp³-hybridized carbons (Fsp3) is 0.286. The summed E-state index contributed by atoms with van der Waals surface area (Å²) in [7, 11) is 0. The molecule has 2 aromatic carbocycles. The van der Waals surface area contributed by atoms with Crippen LogP contribution in [0.4, 0.5) is 4.79 Å². The highest BCUT2D eigenvalue weighted by atomic mass is 35.5. The summed E-state index contributed by atoms with van der Waals surface area (Å²) in [5.41, 5.74) is 0.909. The average molecular weight is 414 g/mol. The highest BCUT2D eigenvalue weighted by molar-refractivity contribution is 6.30. The molecule has 2 aromatic rings. The Hall–Kier alpha value is -3.06. The van der Waals surface area contributed by atoms with E-state index >= 15 is 0 Å². The molecule has 0 radical (unpaired) electrons. The van der Waals surface area contributed by atoms with E-state index in [4.69, 9.17) is 16.3 Å². The lowest BCUT2D eigenvalue weighted by Crippen LogP contribution is -2.61. The van der Waals surface area contributed by atoms with Crippen molar-refractivity contribution in [3.8, 4) is 5.75 Å². The summed E-state index contributed by atoms with van der Waals surface area (Å²) in [5, 5.41) is 6.17. The van der Waals surface area contributed by atoms with Gasteiger partial charge >= 0.3 is 6.09 Å². The Bertz CT molecular complexity index is 919. The molecule has 3 amide bonds. The first-order valence-electron chi connectivity index (χ1n) is 9.38. The van der Waals surface area contributed by atoms with Gasteiger partial charge in [-0.05, 0) is 36.2 Å². The third-order valence-corrected chi connectivity index (χ3v) is 5.38. The number of para-hydroxylation sites is 1. The van der Waals surface area contributed by atoms with Crippen molar-refractivity contribution in [2.45, 2.75) is 31.0 Å². The van der Waals surface area contributed by atoms with Gasteiger partial charge < -0.3 is 20.3 Å². The fourth-order valence-electron chi connectivity index (χ4n) is 3.75. The summed E-state index contributed by atoms with van der Waals surface area (Å²) in [6, 6.07) is 14.3. The number of amides is 3. The number of hydrogen-bond donors (Lipinski definition) is 2. The van der Waals surface area contributed by atoms with Crippen molar-refractivity contribution >= 4 is 29.5 Å². The molecule has 2 aliphatic heterocycles. The van der Waals surface area contributed by atoms with Crippen LogP contribution in [0.2, 0.25) is 5.02 Å². The Morgan fingerprint density at radius 3 is 2.59 bits per heavy atom. The van der Waals surface area contributed by atoms with Gasteiger partial charge in [0.15, 0.2) is 0 Å². The number of piperazine rings is 1. The predicted octanol–water partition coefficient (Wildman–Crippen LogP) is 2.14. The van der Waals surface area contributed by atoms with E-state index in [1.807, 2.05) is 18.2 Å². The molecule has 0 aromatic heterocycles. The van der Waals surface area contributed by atoms with E-state index in [2.05, 4.69) is 10.6 Å². The number of nitrogens with zero attached hydrogens (tertiary/aromatic N) is 1. The lowest BCUT2D eigenvalue weighted by atomic mass is 10.0. The van der Waals surface area contributed by atoms with Crippen LogP contribution in [0.3, 0.4) is 0 Å². The third kappa shape index (κ3) is 4.35. The van der Waals surface area contributed by atoms with Gasteiger partial charge in [-0.1, -0.05) is 41.9 Å². The minimum absolute atomic E-state index is 0.148. The van der Waals surface area contributed by atoms with Gasteiger partial charge in [0.2, 0.25) is 11.8 Å². The van der Waals surface area contributed by atoms with Gasteiger partial charge in [0.25, 0.3) is 0 Å². The minimum atomic E-state index is -0.630. The summed E-state index contributed by atoms with van der Waals surface area (Å²) in [5.74, 6) is 0.0761. The summed E-state index contributed by atoms with van der Waals surface area (Å²) in [4.78, 5) is 39.1. The molecule has 8 heteroatoms. The van der Waals surface area contributed by atoms with Crippen molar-refractivity contribution in [1.29, 1.82) is 0 Å². The van der Waals surface area contributed by atoms with E-state index in [0.29, 0.717) is 23.6 Å². The zero-order valence-corrected chi connectivity index (χ0v) is 16.3. The first-order chi connectivity index (χ1) is 14.0. The molecule has 3 atom stereocenters. The lowest BCUT2D eigenvalue weighted by molar-refractivity contribution is -0.147. The molecule has 4 rings (SSSR count). The van der Waals surface area contributed by atoms with Gasteiger partial charge in [-0.2, -0.15) is 0 Å². The van der Waals surface area contributed by atoms with E-state index in [1.165, 1.54) is 0 Å². The number of halogens is 1. The summed E-state index contributed by atoms with van der Waals surface area (Å²) in [6.45, 7) is 0.276. The molecule has 2 N–H and O–H groups in total. The summed E-state index contributed by atoms with van der Waals surface area (Å²) < 4.78 is 5.23. The minimum Gasteiger partial charge on any atom is -0.410 e. The summed E-state index contributed by atoms with van der Waals surface area (Å²) in [6.07, 6.45) is 0.139. The van der Waals surface area contributed by atoms with Gasteiger partial charge in [0, 0.05) is 18.0 Å². The molecular weight excluding hydrogens is 394 g/mol.